The first-order chi connectivity index (χ1) is 24.4. The second-order valence-corrected chi connectivity index (χ2v) is 16.4. The summed E-state index contributed by atoms with van der Waals surface area (Å²) in [5.74, 6) is 0.744. The van der Waals surface area contributed by atoms with Crippen molar-refractivity contribution in [1.29, 1.82) is 0 Å². The Balaban J connectivity index is 1.19. The number of benzene rings is 2. The zero-order valence-electron chi connectivity index (χ0n) is 29.8. The third-order valence-corrected chi connectivity index (χ3v) is 11.4. The summed E-state index contributed by atoms with van der Waals surface area (Å²) < 4.78 is 54.8. The average Bonchev–Trinajstić information content (AvgIpc) is 3.99. The molecule has 3 aliphatic heterocycles. The zero-order valence-corrected chi connectivity index (χ0v) is 30.5. The molecule has 4 heterocycles. The smallest absolute Gasteiger partial charge is 0.410 e. The van der Waals surface area contributed by atoms with E-state index in [-0.39, 0.29) is 42.5 Å². The van der Waals surface area contributed by atoms with Gasteiger partial charge in [0.25, 0.3) is 0 Å². The fraction of sp³-hybridized carbons (Fsp3) is 0.605. The quantitative estimate of drug-likeness (QED) is 0.208. The minimum atomic E-state index is -0.908. The lowest BCUT2D eigenvalue weighted by Crippen LogP contribution is -2.58. The summed E-state index contributed by atoms with van der Waals surface area (Å²) >= 11 is 6.82. The number of nitrogens with zero attached hydrogens (tertiary/aromatic N) is 5. The largest absolute Gasteiger partial charge is 0.467 e. The molecule has 8 rings (SSSR count). The summed E-state index contributed by atoms with van der Waals surface area (Å²) in [7, 11) is 1.54. The first-order valence-electron chi connectivity index (χ1n) is 18.1. The lowest BCUT2D eigenvalue weighted by molar-refractivity contribution is 0.0106. The van der Waals surface area contributed by atoms with Crippen LogP contribution in [0.3, 0.4) is 0 Å². The summed E-state index contributed by atoms with van der Waals surface area (Å²) in [4.78, 5) is 29.0. The molecule has 0 N–H and O–H groups in total. The number of methoxy groups -OCH3 is 1. The number of ether oxygens (including phenoxy) is 4. The van der Waals surface area contributed by atoms with Crippen LogP contribution in [0.15, 0.2) is 24.3 Å². The molecule has 3 aromatic rings. The fourth-order valence-corrected chi connectivity index (χ4v) is 8.80. The number of fused-ring (bicyclic) bond motifs is 2. The monoisotopic (exact) mass is 725 g/mol. The molecule has 0 bridgehead atoms. The zero-order chi connectivity index (χ0) is 35.7. The Morgan fingerprint density at radius 2 is 1.86 bits per heavy atom. The van der Waals surface area contributed by atoms with Crippen LogP contribution in [0.2, 0.25) is 5.02 Å². The van der Waals surface area contributed by atoms with Crippen LogP contribution in [0.4, 0.5) is 19.4 Å². The van der Waals surface area contributed by atoms with E-state index in [4.69, 9.17) is 40.5 Å². The first-order valence-corrected chi connectivity index (χ1v) is 18.5. The predicted octanol–water partition coefficient (Wildman–Crippen LogP) is 7.49. The second-order valence-electron chi connectivity index (χ2n) is 16.0. The molecule has 0 radical (unpaired) electrons. The van der Waals surface area contributed by atoms with E-state index in [0.29, 0.717) is 65.7 Å². The van der Waals surface area contributed by atoms with E-state index >= 15 is 4.39 Å². The van der Waals surface area contributed by atoms with Crippen LogP contribution in [0.5, 0.6) is 11.8 Å². The molecule has 13 heteroatoms. The normalized spacial score (nSPS) is 24.3. The molecule has 0 unspecified atom stereocenters. The van der Waals surface area contributed by atoms with Gasteiger partial charge in [-0.3, -0.25) is 9.80 Å². The fourth-order valence-electron chi connectivity index (χ4n) is 8.43. The molecule has 1 spiro atoms. The molecule has 51 heavy (non-hydrogen) atoms. The predicted molar refractivity (Wildman–Crippen MR) is 190 cm³/mol. The maximum atomic E-state index is 17.2. The van der Waals surface area contributed by atoms with Gasteiger partial charge in [-0.05, 0) is 101 Å². The van der Waals surface area contributed by atoms with Crippen molar-refractivity contribution in [3.8, 4) is 22.9 Å². The van der Waals surface area contributed by atoms with Crippen molar-refractivity contribution in [2.45, 2.75) is 94.5 Å². The summed E-state index contributed by atoms with van der Waals surface area (Å²) in [5.41, 5.74) is 0.609. The Morgan fingerprint density at radius 1 is 1.06 bits per heavy atom. The van der Waals surface area contributed by atoms with E-state index < -0.39 is 23.1 Å². The number of anilines is 1. The van der Waals surface area contributed by atoms with Crippen molar-refractivity contribution >= 4 is 34.4 Å². The van der Waals surface area contributed by atoms with Gasteiger partial charge >= 0.3 is 12.1 Å². The highest BCUT2D eigenvalue weighted by Gasteiger charge is 2.55. The van der Waals surface area contributed by atoms with Crippen LogP contribution in [0.25, 0.3) is 22.0 Å². The maximum Gasteiger partial charge on any atom is 0.410 e. The second kappa shape index (κ2) is 12.9. The first kappa shape index (κ1) is 34.6. The van der Waals surface area contributed by atoms with Gasteiger partial charge in [0.2, 0.25) is 0 Å². The Hall–Kier alpha value is -3.48. The van der Waals surface area contributed by atoms with E-state index in [1.165, 1.54) is 7.11 Å². The van der Waals surface area contributed by atoms with Gasteiger partial charge < -0.3 is 23.8 Å². The third-order valence-electron chi connectivity index (χ3n) is 11.1. The molecular weight excluding hydrogens is 680 g/mol. The summed E-state index contributed by atoms with van der Waals surface area (Å²) in [6, 6.07) is 7.25. The number of piperazine rings is 1. The third kappa shape index (κ3) is 6.56. The summed E-state index contributed by atoms with van der Waals surface area (Å²) in [6.45, 7) is 8.50. The van der Waals surface area contributed by atoms with Gasteiger partial charge in [-0.15, -0.1) is 0 Å². The van der Waals surface area contributed by atoms with Crippen LogP contribution in [0, 0.1) is 5.82 Å². The van der Waals surface area contributed by atoms with Gasteiger partial charge in [0.15, 0.2) is 12.6 Å². The van der Waals surface area contributed by atoms with E-state index in [0.717, 1.165) is 50.6 Å². The number of alkyl halides is 1. The standard InChI is InChI=1S/C38H46ClF2N5O5/c1-36(2,3)51-35(47)46-15-14-44(20-37(46)11-12-37)33-27-9-8-26(28-16-25(50-22-48-4)17-29(39)30(28)23-6-7-23)31(41)32(27)42-34(43-33)49-21-38-10-5-13-45(38)19-24(40)18-38/h8-9,16-17,23-24H,5-7,10-15,18-22H2,1-4H3/t24-,38+/m1/s1. The summed E-state index contributed by atoms with van der Waals surface area (Å²) in [6.07, 6.45) is 4.58. The minimum absolute atomic E-state index is 0.0286. The maximum absolute atomic E-state index is 17.2. The van der Waals surface area contributed by atoms with Crippen molar-refractivity contribution in [2.24, 2.45) is 0 Å². The molecule has 3 saturated heterocycles. The van der Waals surface area contributed by atoms with Crippen molar-refractivity contribution in [3.63, 3.8) is 0 Å². The van der Waals surface area contributed by atoms with Gasteiger partial charge in [0.1, 0.15) is 35.5 Å². The van der Waals surface area contributed by atoms with Gasteiger partial charge in [-0.1, -0.05) is 17.7 Å². The molecule has 2 aromatic carbocycles. The number of amides is 1. The Morgan fingerprint density at radius 3 is 2.59 bits per heavy atom. The van der Waals surface area contributed by atoms with Gasteiger partial charge in [0.05, 0.1) is 11.1 Å². The topological polar surface area (TPSA) is 89.5 Å². The number of halogens is 3. The summed E-state index contributed by atoms with van der Waals surface area (Å²) in [5, 5.41) is 1.06. The number of carbonyl (C=O) groups is 1. The number of hydrogen-bond acceptors (Lipinski definition) is 9. The SMILES string of the molecule is COCOc1cc(Cl)c(C2CC2)c(-c2ccc3c(N4CCN(C(=O)OC(C)(C)C)C5(CC5)C4)nc(OC[C@@]45CCCN4C[C@H](F)C5)nc3c2F)c1. The Labute approximate surface area is 302 Å². The van der Waals surface area contributed by atoms with E-state index in [9.17, 15) is 9.18 Å². The molecule has 274 valence electrons. The average molecular weight is 726 g/mol. The highest BCUT2D eigenvalue weighted by molar-refractivity contribution is 6.32. The molecule has 1 aromatic heterocycles. The number of aromatic nitrogens is 2. The van der Waals surface area contributed by atoms with Crippen molar-refractivity contribution in [2.75, 3.05) is 58.1 Å². The van der Waals surface area contributed by atoms with Crippen molar-refractivity contribution < 1.29 is 32.5 Å². The van der Waals surface area contributed by atoms with Crippen LogP contribution in [-0.2, 0) is 9.47 Å². The Kier molecular flexibility index (Phi) is 8.74. The Bertz CT molecular complexity index is 1850. The lowest BCUT2D eigenvalue weighted by atomic mass is 9.94. The van der Waals surface area contributed by atoms with E-state index in [1.807, 2.05) is 37.8 Å². The highest BCUT2D eigenvalue weighted by Crippen LogP contribution is 2.51. The van der Waals surface area contributed by atoms with Gasteiger partial charge in [-0.25, -0.2) is 13.6 Å². The van der Waals surface area contributed by atoms with Crippen molar-refractivity contribution in [1.82, 2.24) is 19.8 Å². The molecule has 2 atom stereocenters. The van der Waals surface area contributed by atoms with Crippen LogP contribution in [-0.4, -0.2) is 102 Å². The molecule has 5 aliphatic rings. The number of carbonyl (C=O) groups excluding carboxylic acids is 1. The van der Waals surface area contributed by atoms with E-state index in [2.05, 4.69) is 9.80 Å². The van der Waals surface area contributed by atoms with Gasteiger partial charge in [0, 0.05) is 55.7 Å². The molecular formula is C38H46ClF2N5O5. The van der Waals surface area contributed by atoms with Crippen molar-refractivity contribution in [3.05, 3.63) is 40.7 Å². The minimum Gasteiger partial charge on any atom is -0.467 e. The molecule has 1 amide bonds. The molecule has 2 saturated carbocycles. The molecule has 5 fully saturated rings. The number of rotatable bonds is 9. The van der Waals surface area contributed by atoms with Crippen LogP contribution in [0.1, 0.15) is 77.2 Å². The number of hydrogen-bond donors (Lipinski definition) is 0. The van der Waals surface area contributed by atoms with Gasteiger partial charge in [-0.2, -0.15) is 9.97 Å². The van der Waals surface area contributed by atoms with Crippen LogP contribution >= 0.6 is 11.6 Å². The molecule has 10 nitrogen and oxygen atoms in total. The molecule has 2 aliphatic carbocycles. The van der Waals surface area contributed by atoms with Crippen LogP contribution < -0.4 is 14.4 Å². The van der Waals surface area contributed by atoms with E-state index in [1.54, 1.807) is 12.1 Å². The lowest BCUT2D eigenvalue weighted by Gasteiger charge is -2.43. The highest BCUT2D eigenvalue weighted by atomic mass is 35.5.